The van der Waals surface area contributed by atoms with E-state index in [2.05, 4.69) is 10.3 Å². The maximum Gasteiger partial charge on any atom is 0.410 e. The summed E-state index contributed by atoms with van der Waals surface area (Å²) in [5.41, 5.74) is 2.53. The number of fused-ring (bicyclic) bond motifs is 2. The van der Waals surface area contributed by atoms with E-state index in [1.807, 2.05) is 45.0 Å². The molecule has 0 bridgehead atoms. The first-order valence-corrected chi connectivity index (χ1v) is 11.4. The molecule has 2 amide bonds. The van der Waals surface area contributed by atoms with Crippen LogP contribution in [0.3, 0.4) is 0 Å². The summed E-state index contributed by atoms with van der Waals surface area (Å²) in [4.78, 5) is 30.4. The van der Waals surface area contributed by atoms with Crippen LogP contribution >= 0.6 is 34.5 Å². The second kappa shape index (κ2) is 8.04. The molecule has 2 aromatic heterocycles. The van der Waals surface area contributed by atoms with E-state index in [-0.39, 0.29) is 18.0 Å². The minimum atomic E-state index is -0.612. The highest BCUT2D eigenvalue weighted by atomic mass is 35.5. The molecule has 2 unspecified atom stereocenters. The summed E-state index contributed by atoms with van der Waals surface area (Å²) in [5, 5.41) is 3.50. The van der Waals surface area contributed by atoms with Gasteiger partial charge in [0, 0.05) is 7.05 Å². The molecule has 1 aliphatic carbocycles. The molecule has 1 aliphatic rings. The maximum absolute atomic E-state index is 13.0. The zero-order valence-electron chi connectivity index (χ0n) is 17.6. The number of carbonyl (C=O) groups is 2. The quantitative estimate of drug-likeness (QED) is 0.498. The zero-order chi connectivity index (χ0) is 22.5. The van der Waals surface area contributed by atoms with E-state index in [9.17, 15) is 9.59 Å². The fraction of sp³-hybridized carbons (Fsp3) is 0.364. The summed E-state index contributed by atoms with van der Waals surface area (Å²) in [6.07, 6.45) is 0.178. The van der Waals surface area contributed by atoms with Crippen LogP contribution in [0.1, 0.15) is 48.4 Å². The lowest BCUT2D eigenvalue weighted by atomic mass is 10.1. The molecule has 0 fully saturated rings. The monoisotopic (exact) mass is 479 g/mol. The summed E-state index contributed by atoms with van der Waals surface area (Å²) in [6, 6.07) is 8.99. The number of aromatic nitrogens is 1. The van der Waals surface area contributed by atoms with Crippen molar-refractivity contribution in [1.82, 2.24) is 15.2 Å². The van der Waals surface area contributed by atoms with Gasteiger partial charge in [0.1, 0.15) is 15.6 Å². The number of aromatic amines is 1. The van der Waals surface area contributed by atoms with Crippen molar-refractivity contribution in [1.29, 1.82) is 0 Å². The molecular formula is C22H23Cl2N3O3S. The van der Waals surface area contributed by atoms with Gasteiger partial charge >= 0.3 is 6.09 Å². The number of nitrogens with zero attached hydrogens (tertiary/aromatic N) is 1. The Bertz CT molecular complexity index is 1160. The van der Waals surface area contributed by atoms with E-state index in [4.69, 9.17) is 27.9 Å². The Balaban J connectivity index is 1.59. The van der Waals surface area contributed by atoms with Crippen molar-refractivity contribution in [2.24, 2.45) is 0 Å². The predicted molar refractivity (Wildman–Crippen MR) is 124 cm³/mol. The van der Waals surface area contributed by atoms with Crippen LogP contribution in [0.25, 0.3) is 10.2 Å². The SMILES string of the molecule is CN(C(=O)OC(C)(C)C)C1c2ccccc2CC1NC(=O)c1cc2sc(Cl)c(Cl)c2[nH]1. The van der Waals surface area contributed by atoms with Gasteiger partial charge in [0.05, 0.1) is 27.3 Å². The number of hydrogen-bond donors (Lipinski definition) is 2. The van der Waals surface area contributed by atoms with Crippen LogP contribution in [0.15, 0.2) is 30.3 Å². The lowest BCUT2D eigenvalue weighted by molar-refractivity contribution is 0.0192. The lowest BCUT2D eigenvalue weighted by Crippen LogP contribution is -2.46. The van der Waals surface area contributed by atoms with Crippen molar-refractivity contribution >= 4 is 56.8 Å². The van der Waals surface area contributed by atoms with Gasteiger partial charge in [0.15, 0.2) is 0 Å². The topological polar surface area (TPSA) is 74.4 Å². The molecule has 0 aliphatic heterocycles. The number of ether oxygens (including phenoxy) is 1. The first-order chi connectivity index (χ1) is 14.5. The number of nitrogens with one attached hydrogen (secondary N) is 2. The Morgan fingerprint density at radius 1 is 1.26 bits per heavy atom. The molecule has 0 saturated heterocycles. The van der Waals surface area contributed by atoms with Gasteiger partial charge in [0.25, 0.3) is 5.91 Å². The Kier molecular flexibility index (Phi) is 5.70. The molecule has 2 N–H and O–H groups in total. The highest BCUT2D eigenvalue weighted by molar-refractivity contribution is 7.23. The van der Waals surface area contributed by atoms with Crippen molar-refractivity contribution in [3.8, 4) is 0 Å². The third-order valence-corrected chi connectivity index (χ3v) is 7.16. The van der Waals surface area contributed by atoms with Crippen LogP contribution in [-0.4, -0.2) is 40.6 Å². The largest absolute Gasteiger partial charge is 0.444 e. The summed E-state index contributed by atoms with van der Waals surface area (Å²) >= 11 is 13.6. The van der Waals surface area contributed by atoms with E-state index in [0.29, 0.717) is 27.0 Å². The summed E-state index contributed by atoms with van der Waals surface area (Å²) in [5.74, 6) is -0.268. The maximum atomic E-state index is 13.0. The van der Waals surface area contributed by atoms with Crippen LogP contribution < -0.4 is 5.32 Å². The van der Waals surface area contributed by atoms with Gasteiger partial charge in [-0.1, -0.05) is 47.5 Å². The molecule has 2 atom stereocenters. The average molecular weight is 480 g/mol. The molecule has 2 heterocycles. The number of halogens is 2. The summed E-state index contributed by atoms with van der Waals surface area (Å²) in [7, 11) is 1.70. The highest BCUT2D eigenvalue weighted by Gasteiger charge is 2.39. The van der Waals surface area contributed by atoms with Crippen molar-refractivity contribution in [2.45, 2.75) is 44.9 Å². The molecule has 0 saturated carbocycles. The normalized spacial score (nSPS) is 18.1. The van der Waals surface area contributed by atoms with Gasteiger partial charge in [-0.15, -0.1) is 11.3 Å². The predicted octanol–water partition coefficient (Wildman–Crippen LogP) is 5.80. The number of amides is 2. The van der Waals surface area contributed by atoms with Gasteiger partial charge in [-0.25, -0.2) is 4.79 Å². The van der Waals surface area contributed by atoms with Gasteiger partial charge in [-0.2, -0.15) is 0 Å². The minimum absolute atomic E-state index is 0.268. The number of hydrogen-bond acceptors (Lipinski definition) is 4. The van der Waals surface area contributed by atoms with Gasteiger partial charge in [0.2, 0.25) is 0 Å². The third kappa shape index (κ3) is 4.27. The fourth-order valence-electron chi connectivity index (χ4n) is 3.92. The van der Waals surface area contributed by atoms with Crippen molar-refractivity contribution in [3.05, 3.63) is 56.5 Å². The van der Waals surface area contributed by atoms with Crippen LogP contribution in [-0.2, 0) is 11.2 Å². The van der Waals surface area contributed by atoms with Crippen molar-refractivity contribution in [2.75, 3.05) is 7.05 Å². The Morgan fingerprint density at radius 2 is 1.97 bits per heavy atom. The second-order valence-corrected chi connectivity index (χ2v) is 10.7. The van der Waals surface area contributed by atoms with E-state index in [1.54, 1.807) is 18.0 Å². The standard InChI is InChI=1S/C22H23Cl2N3O3S/c1-22(2,3)30-21(29)27(4)18-12-8-6-5-7-11(12)9-13(18)26-20(28)14-10-15-17(25-14)16(23)19(24)31-15/h5-8,10,13,18,25H,9H2,1-4H3,(H,26,28). The molecule has 3 aromatic rings. The number of carbonyl (C=O) groups excluding carboxylic acids is 2. The van der Waals surface area contributed by atoms with Crippen LogP contribution in [0, 0.1) is 0 Å². The van der Waals surface area contributed by atoms with E-state index in [0.717, 1.165) is 15.8 Å². The molecule has 0 radical (unpaired) electrons. The molecule has 6 nitrogen and oxygen atoms in total. The number of rotatable bonds is 3. The first-order valence-electron chi connectivity index (χ1n) is 9.86. The average Bonchev–Trinajstić information content (AvgIpc) is 3.33. The van der Waals surface area contributed by atoms with Crippen LogP contribution in [0.5, 0.6) is 0 Å². The van der Waals surface area contributed by atoms with E-state index < -0.39 is 11.7 Å². The van der Waals surface area contributed by atoms with Crippen molar-refractivity contribution in [3.63, 3.8) is 0 Å². The lowest BCUT2D eigenvalue weighted by Gasteiger charge is -2.32. The number of likely N-dealkylation sites (N-methyl/N-ethyl adjacent to an activating group) is 1. The third-order valence-electron chi connectivity index (χ3n) is 5.23. The molecule has 9 heteroatoms. The number of thiophene rings is 1. The molecule has 164 valence electrons. The van der Waals surface area contributed by atoms with Crippen molar-refractivity contribution < 1.29 is 14.3 Å². The van der Waals surface area contributed by atoms with Crippen LogP contribution in [0.4, 0.5) is 4.79 Å². The molecule has 31 heavy (non-hydrogen) atoms. The molecule has 1 aromatic carbocycles. The Hall–Kier alpha value is -2.22. The Labute approximate surface area is 194 Å². The van der Waals surface area contributed by atoms with Gasteiger partial charge in [-0.3, -0.25) is 4.79 Å². The molecular weight excluding hydrogens is 457 g/mol. The van der Waals surface area contributed by atoms with E-state index >= 15 is 0 Å². The fourth-order valence-corrected chi connectivity index (χ4v) is 5.40. The molecule has 0 spiro atoms. The van der Waals surface area contributed by atoms with Gasteiger partial charge < -0.3 is 19.9 Å². The van der Waals surface area contributed by atoms with Gasteiger partial charge in [-0.05, 0) is 44.4 Å². The zero-order valence-corrected chi connectivity index (χ0v) is 19.9. The second-order valence-electron chi connectivity index (χ2n) is 8.63. The van der Waals surface area contributed by atoms with E-state index in [1.165, 1.54) is 11.3 Å². The highest BCUT2D eigenvalue weighted by Crippen LogP contribution is 2.39. The van der Waals surface area contributed by atoms with Crippen LogP contribution in [0.2, 0.25) is 9.36 Å². The number of H-pyrrole nitrogens is 1. The minimum Gasteiger partial charge on any atom is -0.444 e. The summed E-state index contributed by atoms with van der Waals surface area (Å²) in [6.45, 7) is 5.48. The number of benzene rings is 1. The smallest absolute Gasteiger partial charge is 0.410 e. The summed E-state index contributed by atoms with van der Waals surface area (Å²) < 4.78 is 6.86. The molecule has 4 rings (SSSR count). The Morgan fingerprint density at radius 3 is 2.65 bits per heavy atom. The first kappa shape index (κ1) is 22.0.